The molecule has 2 aliphatic rings. The predicted octanol–water partition coefficient (Wildman–Crippen LogP) is 2.78. The zero-order chi connectivity index (χ0) is 26.6. The highest BCUT2D eigenvalue weighted by atomic mass is 16.2. The molecule has 1 aromatic heterocycles. The number of hydrogen-bond acceptors (Lipinski definition) is 7. The first kappa shape index (κ1) is 25.8. The van der Waals surface area contributed by atoms with E-state index < -0.39 is 18.2 Å². The molecule has 9 heteroatoms. The maximum atomic E-state index is 13.5. The number of nitrogens with one attached hydrogen (secondary N) is 2. The lowest BCUT2D eigenvalue weighted by molar-refractivity contribution is -0.139. The number of para-hydroxylation sites is 1. The summed E-state index contributed by atoms with van der Waals surface area (Å²) in [7, 11) is 3.58. The van der Waals surface area contributed by atoms with Crippen molar-refractivity contribution < 1.29 is 9.59 Å². The van der Waals surface area contributed by atoms with E-state index in [-0.39, 0.29) is 18.0 Å². The number of anilines is 1. The number of aromatic nitrogens is 1. The molecule has 2 aliphatic heterocycles. The standard InChI is InChI=1S/C29H35N7O2/c1-34-17-15-23(19-34)36-26(30)25(28(37)35(2)29(36)38)27(33-22-8-4-3-5-9-22)32-18-20-11-13-21(14-12-20)24-10-6-7-16-31-24/h3-14,16,23,25-27,32-33H,15,17-19,30H2,1-2H3. The maximum Gasteiger partial charge on any atom is 0.328 e. The number of amides is 3. The summed E-state index contributed by atoms with van der Waals surface area (Å²) in [5.74, 6) is -0.979. The van der Waals surface area contributed by atoms with E-state index >= 15 is 0 Å². The van der Waals surface area contributed by atoms with E-state index in [0.717, 1.165) is 42.0 Å². The fraction of sp³-hybridized carbons (Fsp3) is 0.345. The van der Waals surface area contributed by atoms with Crippen LogP contribution in [-0.2, 0) is 11.3 Å². The number of rotatable bonds is 8. The Kier molecular flexibility index (Phi) is 7.69. The second kappa shape index (κ2) is 11.3. The van der Waals surface area contributed by atoms with Crippen molar-refractivity contribution in [3.05, 3.63) is 84.6 Å². The van der Waals surface area contributed by atoms with Crippen LogP contribution in [0, 0.1) is 5.92 Å². The second-order valence-electron chi connectivity index (χ2n) is 10.1. The van der Waals surface area contributed by atoms with Crippen LogP contribution in [0.4, 0.5) is 10.5 Å². The van der Waals surface area contributed by atoms with E-state index in [1.807, 2.05) is 67.7 Å². The zero-order valence-corrected chi connectivity index (χ0v) is 21.8. The van der Waals surface area contributed by atoms with E-state index in [4.69, 9.17) is 5.73 Å². The lowest BCUT2D eigenvalue weighted by atomic mass is 9.94. The van der Waals surface area contributed by atoms with Gasteiger partial charge in [-0.15, -0.1) is 0 Å². The monoisotopic (exact) mass is 513 g/mol. The summed E-state index contributed by atoms with van der Waals surface area (Å²) < 4.78 is 0. The molecule has 2 fully saturated rings. The number of nitrogens with zero attached hydrogens (tertiary/aromatic N) is 4. The first-order valence-corrected chi connectivity index (χ1v) is 13.0. The van der Waals surface area contributed by atoms with Gasteiger partial charge in [-0.2, -0.15) is 0 Å². The molecular weight excluding hydrogens is 478 g/mol. The molecule has 2 aromatic carbocycles. The quantitative estimate of drug-likeness (QED) is 0.398. The first-order valence-electron chi connectivity index (χ1n) is 13.0. The van der Waals surface area contributed by atoms with Crippen LogP contribution in [0.15, 0.2) is 79.0 Å². The van der Waals surface area contributed by atoms with Crippen molar-refractivity contribution in [2.75, 3.05) is 32.5 Å². The lowest BCUT2D eigenvalue weighted by Gasteiger charge is -2.47. The summed E-state index contributed by atoms with van der Waals surface area (Å²) in [6.45, 7) is 2.14. The molecule has 3 heterocycles. The highest BCUT2D eigenvalue weighted by Crippen LogP contribution is 2.28. The van der Waals surface area contributed by atoms with E-state index in [9.17, 15) is 9.59 Å². The van der Waals surface area contributed by atoms with Gasteiger partial charge in [-0.05, 0) is 49.8 Å². The fourth-order valence-corrected chi connectivity index (χ4v) is 5.35. The summed E-state index contributed by atoms with van der Waals surface area (Å²) in [4.78, 5) is 36.2. The summed E-state index contributed by atoms with van der Waals surface area (Å²) in [5.41, 5.74) is 10.6. The SMILES string of the molecule is CN1CCC(N2C(=O)N(C)C(=O)C(C(NCc3ccc(-c4ccccn4)cc3)Nc3ccccc3)C2N)C1. The molecule has 2 saturated heterocycles. The average Bonchev–Trinajstić information content (AvgIpc) is 3.37. The van der Waals surface area contributed by atoms with E-state index in [1.54, 1.807) is 18.1 Å². The highest BCUT2D eigenvalue weighted by molar-refractivity contribution is 5.99. The van der Waals surface area contributed by atoms with Crippen molar-refractivity contribution in [3.63, 3.8) is 0 Å². The molecule has 3 amide bonds. The minimum absolute atomic E-state index is 0.0305. The van der Waals surface area contributed by atoms with Crippen molar-refractivity contribution in [2.45, 2.75) is 31.3 Å². The summed E-state index contributed by atoms with van der Waals surface area (Å²) in [6.07, 6.45) is 1.34. The van der Waals surface area contributed by atoms with E-state index in [1.165, 1.54) is 4.90 Å². The molecule has 0 radical (unpaired) electrons. The molecular formula is C29H35N7O2. The van der Waals surface area contributed by atoms with Crippen molar-refractivity contribution in [3.8, 4) is 11.3 Å². The van der Waals surface area contributed by atoms with Crippen molar-refractivity contribution in [1.82, 2.24) is 25.0 Å². The van der Waals surface area contributed by atoms with Gasteiger partial charge in [-0.3, -0.25) is 20.0 Å². The molecule has 4 N–H and O–H groups in total. The summed E-state index contributed by atoms with van der Waals surface area (Å²) in [6, 6.07) is 23.4. The van der Waals surface area contributed by atoms with Crippen LogP contribution in [0.2, 0.25) is 0 Å². The molecule has 9 nitrogen and oxygen atoms in total. The number of nitrogens with two attached hydrogens (primary N) is 1. The predicted molar refractivity (Wildman–Crippen MR) is 148 cm³/mol. The smallest absolute Gasteiger partial charge is 0.328 e. The molecule has 3 aromatic rings. The van der Waals surface area contributed by atoms with Crippen LogP contribution in [0.25, 0.3) is 11.3 Å². The Hall–Kier alpha value is -3.79. The summed E-state index contributed by atoms with van der Waals surface area (Å²) >= 11 is 0. The van der Waals surface area contributed by atoms with Gasteiger partial charge in [-0.25, -0.2) is 4.79 Å². The molecule has 0 saturated carbocycles. The van der Waals surface area contributed by atoms with Crippen LogP contribution in [-0.4, -0.2) is 77.2 Å². The number of urea groups is 1. The lowest BCUT2D eigenvalue weighted by Crippen LogP contribution is -2.70. The molecule has 5 rings (SSSR count). The van der Waals surface area contributed by atoms with Gasteiger partial charge < -0.3 is 20.9 Å². The minimum Gasteiger partial charge on any atom is -0.369 e. The Balaban J connectivity index is 1.38. The van der Waals surface area contributed by atoms with Gasteiger partial charge >= 0.3 is 6.03 Å². The Morgan fingerprint density at radius 2 is 1.74 bits per heavy atom. The van der Waals surface area contributed by atoms with Crippen LogP contribution < -0.4 is 16.4 Å². The van der Waals surface area contributed by atoms with E-state index in [0.29, 0.717) is 6.54 Å². The fourth-order valence-electron chi connectivity index (χ4n) is 5.35. The van der Waals surface area contributed by atoms with Crippen molar-refractivity contribution in [2.24, 2.45) is 11.7 Å². The number of carbonyl (C=O) groups is 2. The Morgan fingerprint density at radius 3 is 2.39 bits per heavy atom. The van der Waals surface area contributed by atoms with Crippen LogP contribution >= 0.6 is 0 Å². The van der Waals surface area contributed by atoms with Gasteiger partial charge in [0.2, 0.25) is 5.91 Å². The number of pyridine rings is 1. The number of likely N-dealkylation sites (tertiary alicyclic amines) is 1. The number of hydrogen-bond donors (Lipinski definition) is 3. The maximum absolute atomic E-state index is 13.5. The zero-order valence-electron chi connectivity index (χ0n) is 21.8. The molecule has 4 atom stereocenters. The third-order valence-corrected chi connectivity index (χ3v) is 7.47. The molecule has 38 heavy (non-hydrogen) atoms. The third kappa shape index (κ3) is 5.40. The van der Waals surface area contributed by atoms with Gasteiger partial charge in [0.1, 0.15) is 5.92 Å². The number of imide groups is 1. The summed E-state index contributed by atoms with van der Waals surface area (Å²) in [5, 5.41) is 7.00. The molecule has 4 unspecified atom stereocenters. The van der Waals surface area contributed by atoms with Gasteiger partial charge in [0.25, 0.3) is 0 Å². The third-order valence-electron chi connectivity index (χ3n) is 7.47. The largest absolute Gasteiger partial charge is 0.369 e. The average molecular weight is 514 g/mol. The molecule has 0 aliphatic carbocycles. The second-order valence-corrected chi connectivity index (χ2v) is 10.1. The van der Waals surface area contributed by atoms with Crippen molar-refractivity contribution >= 4 is 17.6 Å². The van der Waals surface area contributed by atoms with Crippen molar-refractivity contribution in [1.29, 1.82) is 0 Å². The Bertz CT molecular complexity index is 1240. The molecule has 0 bridgehead atoms. The van der Waals surface area contributed by atoms with Gasteiger partial charge in [0.05, 0.1) is 18.0 Å². The Morgan fingerprint density at radius 1 is 1.00 bits per heavy atom. The normalized spacial score (nSPS) is 23.1. The van der Waals surface area contributed by atoms with Crippen LogP contribution in [0.3, 0.4) is 0 Å². The minimum atomic E-state index is -0.761. The molecule has 0 spiro atoms. The number of carbonyl (C=O) groups excluding carboxylic acids is 2. The van der Waals surface area contributed by atoms with Crippen LogP contribution in [0.1, 0.15) is 12.0 Å². The first-order chi connectivity index (χ1) is 18.4. The highest BCUT2D eigenvalue weighted by Gasteiger charge is 2.49. The van der Waals surface area contributed by atoms with Gasteiger partial charge in [-0.1, -0.05) is 48.5 Å². The number of likely N-dealkylation sites (N-methyl/N-ethyl adjacent to an activating group) is 1. The topological polar surface area (TPSA) is 107 Å². The van der Waals surface area contributed by atoms with Crippen LogP contribution in [0.5, 0.6) is 0 Å². The Labute approximate surface area is 223 Å². The molecule has 198 valence electrons. The number of benzene rings is 2. The van der Waals surface area contributed by atoms with E-state index in [2.05, 4.69) is 32.7 Å². The van der Waals surface area contributed by atoms with Gasteiger partial charge in [0, 0.05) is 43.6 Å². The van der Waals surface area contributed by atoms with Gasteiger partial charge in [0.15, 0.2) is 0 Å².